The van der Waals surface area contributed by atoms with Crippen LogP contribution >= 0.6 is 15.9 Å². The molecule has 0 spiro atoms. The number of hydrogen-bond donors (Lipinski definition) is 1. The van der Waals surface area contributed by atoms with Gasteiger partial charge in [-0.3, -0.25) is 0 Å². The average Bonchev–Trinajstić information content (AvgIpc) is 3.28. The van der Waals surface area contributed by atoms with Crippen LogP contribution in [0.1, 0.15) is 18.4 Å². The summed E-state index contributed by atoms with van der Waals surface area (Å²) in [5, 5.41) is 3.33. The molecule has 0 unspecified atom stereocenters. The van der Waals surface area contributed by atoms with Gasteiger partial charge in [0.15, 0.2) is 11.6 Å². The molecular formula is C16H14BrF2NO. The Morgan fingerprint density at radius 3 is 2.67 bits per heavy atom. The number of halogens is 3. The highest BCUT2D eigenvalue weighted by molar-refractivity contribution is 9.10. The molecule has 0 heterocycles. The van der Waals surface area contributed by atoms with Gasteiger partial charge in [0, 0.05) is 18.2 Å². The zero-order chi connectivity index (χ0) is 14.8. The van der Waals surface area contributed by atoms with Crippen LogP contribution in [0.4, 0.5) is 8.78 Å². The highest BCUT2D eigenvalue weighted by Crippen LogP contribution is 2.31. The molecule has 1 aliphatic rings. The zero-order valence-corrected chi connectivity index (χ0v) is 12.8. The molecule has 0 saturated heterocycles. The molecule has 1 fully saturated rings. The Morgan fingerprint density at radius 1 is 1.14 bits per heavy atom. The van der Waals surface area contributed by atoms with Crippen molar-refractivity contribution in [2.75, 3.05) is 0 Å². The minimum atomic E-state index is -0.425. The largest absolute Gasteiger partial charge is 0.454 e. The van der Waals surface area contributed by atoms with E-state index in [4.69, 9.17) is 4.74 Å². The summed E-state index contributed by atoms with van der Waals surface area (Å²) >= 11 is 3.09. The van der Waals surface area contributed by atoms with E-state index < -0.39 is 5.82 Å². The predicted octanol–water partition coefficient (Wildman–Crippen LogP) is 4.77. The molecule has 0 radical (unpaired) electrons. The lowest BCUT2D eigenvalue weighted by atomic mass is 10.2. The molecule has 3 rings (SSSR count). The maximum atomic E-state index is 14.0. The summed E-state index contributed by atoms with van der Waals surface area (Å²) in [7, 11) is 0. The fourth-order valence-electron chi connectivity index (χ4n) is 2.01. The van der Waals surface area contributed by atoms with Gasteiger partial charge in [-0.05, 0) is 53.0 Å². The number of rotatable bonds is 5. The van der Waals surface area contributed by atoms with E-state index in [2.05, 4.69) is 21.2 Å². The van der Waals surface area contributed by atoms with E-state index in [1.165, 1.54) is 24.3 Å². The Kier molecular flexibility index (Phi) is 4.22. The Labute approximate surface area is 130 Å². The minimum absolute atomic E-state index is 0.184. The van der Waals surface area contributed by atoms with Crippen LogP contribution in [-0.4, -0.2) is 6.04 Å². The molecule has 2 nitrogen and oxygen atoms in total. The summed E-state index contributed by atoms with van der Waals surface area (Å²) in [6.45, 7) is 0.556. The monoisotopic (exact) mass is 353 g/mol. The van der Waals surface area contributed by atoms with Crippen LogP contribution in [-0.2, 0) is 6.54 Å². The number of ether oxygens (including phenoxy) is 1. The fourth-order valence-corrected chi connectivity index (χ4v) is 2.36. The van der Waals surface area contributed by atoms with Crippen LogP contribution in [0.5, 0.6) is 11.5 Å². The van der Waals surface area contributed by atoms with Gasteiger partial charge in [-0.25, -0.2) is 8.78 Å². The molecule has 0 amide bonds. The molecule has 0 bridgehead atoms. The van der Waals surface area contributed by atoms with Crippen LogP contribution < -0.4 is 10.1 Å². The second-order valence-electron chi connectivity index (χ2n) is 5.06. The van der Waals surface area contributed by atoms with Gasteiger partial charge < -0.3 is 10.1 Å². The van der Waals surface area contributed by atoms with Crippen molar-refractivity contribution in [1.82, 2.24) is 5.32 Å². The number of benzene rings is 2. The van der Waals surface area contributed by atoms with E-state index in [0.29, 0.717) is 18.3 Å². The number of para-hydroxylation sites is 1. The highest BCUT2D eigenvalue weighted by Gasteiger charge is 2.21. The predicted molar refractivity (Wildman–Crippen MR) is 80.4 cm³/mol. The summed E-state index contributed by atoms with van der Waals surface area (Å²) in [6, 6.07) is 9.61. The van der Waals surface area contributed by atoms with E-state index in [1.54, 1.807) is 6.07 Å². The second kappa shape index (κ2) is 6.12. The third kappa shape index (κ3) is 3.60. The van der Waals surface area contributed by atoms with Crippen molar-refractivity contribution < 1.29 is 13.5 Å². The van der Waals surface area contributed by atoms with Crippen molar-refractivity contribution in [3.63, 3.8) is 0 Å². The smallest absolute Gasteiger partial charge is 0.167 e. The third-order valence-electron chi connectivity index (χ3n) is 3.32. The molecule has 1 saturated carbocycles. The van der Waals surface area contributed by atoms with Crippen molar-refractivity contribution in [1.29, 1.82) is 0 Å². The molecule has 5 heteroatoms. The maximum Gasteiger partial charge on any atom is 0.167 e. The van der Waals surface area contributed by atoms with Gasteiger partial charge in [0.2, 0.25) is 0 Å². The Hall–Kier alpha value is -1.46. The molecule has 2 aromatic rings. The first-order chi connectivity index (χ1) is 10.1. The number of nitrogens with one attached hydrogen (secondary N) is 1. The first-order valence-electron chi connectivity index (χ1n) is 6.77. The Morgan fingerprint density at radius 2 is 1.95 bits per heavy atom. The van der Waals surface area contributed by atoms with Crippen LogP contribution in [0, 0.1) is 11.6 Å². The van der Waals surface area contributed by atoms with Crippen LogP contribution in [0.2, 0.25) is 0 Å². The maximum absolute atomic E-state index is 14.0. The second-order valence-corrected chi connectivity index (χ2v) is 5.92. The van der Waals surface area contributed by atoms with E-state index in [9.17, 15) is 8.78 Å². The van der Waals surface area contributed by atoms with Gasteiger partial charge in [0.1, 0.15) is 11.6 Å². The quantitative estimate of drug-likeness (QED) is 0.835. The van der Waals surface area contributed by atoms with Crippen molar-refractivity contribution in [2.24, 2.45) is 0 Å². The normalized spacial score (nSPS) is 14.2. The molecular weight excluding hydrogens is 340 g/mol. The van der Waals surface area contributed by atoms with Gasteiger partial charge in [0.05, 0.1) is 4.47 Å². The zero-order valence-electron chi connectivity index (χ0n) is 11.2. The molecule has 0 atom stereocenters. The van der Waals surface area contributed by atoms with E-state index >= 15 is 0 Å². The van der Waals surface area contributed by atoms with Crippen LogP contribution in [0.3, 0.4) is 0 Å². The van der Waals surface area contributed by atoms with E-state index in [1.807, 2.05) is 6.07 Å². The fraction of sp³-hybridized carbons (Fsp3) is 0.250. The van der Waals surface area contributed by atoms with Gasteiger partial charge in [-0.15, -0.1) is 0 Å². The van der Waals surface area contributed by atoms with Crippen molar-refractivity contribution >= 4 is 15.9 Å². The molecule has 110 valence electrons. The van der Waals surface area contributed by atoms with Crippen LogP contribution in [0.25, 0.3) is 0 Å². The summed E-state index contributed by atoms with van der Waals surface area (Å²) in [6.07, 6.45) is 2.33. The lowest BCUT2D eigenvalue weighted by Crippen LogP contribution is -2.16. The lowest BCUT2D eigenvalue weighted by Gasteiger charge is -2.13. The lowest BCUT2D eigenvalue weighted by molar-refractivity contribution is 0.432. The van der Waals surface area contributed by atoms with Gasteiger partial charge in [-0.1, -0.05) is 12.1 Å². The summed E-state index contributed by atoms with van der Waals surface area (Å²) in [5.74, 6) is -0.234. The summed E-state index contributed by atoms with van der Waals surface area (Å²) in [5.41, 5.74) is 0.752. The SMILES string of the molecule is Fc1ccc(Oc2c(F)cccc2CNC2CC2)cc1Br. The topological polar surface area (TPSA) is 21.3 Å². The molecule has 0 aliphatic heterocycles. The molecule has 21 heavy (non-hydrogen) atoms. The van der Waals surface area contributed by atoms with E-state index in [0.717, 1.165) is 18.4 Å². The van der Waals surface area contributed by atoms with Crippen LogP contribution in [0.15, 0.2) is 40.9 Å². The molecule has 1 N–H and O–H groups in total. The summed E-state index contributed by atoms with van der Waals surface area (Å²) in [4.78, 5) is 0. The van der Waals surface area contributed by atoms with Crippen molar-refractivity contribution in [3.05, 3.63) is 58.1 Å². The average molecular weight is 354 g/mol. The van der Waals surface area contributed by atoms with Gasteiger partial charge in [-0.2, -0.15) is 0 Å². The first-order valence-corrected chi connectivity index (χ1v) is 7.56. The molecule has 1 aliphatic carbocycles. The summed E-state index contributed by atoms with van der Waals surface area (Å²) < 4.78 is 33.1. The number of hydrogen-bond acceptors (Lipinski definition) is 2. The molecule has 2 aromatic carbocycles. The van der Waals surface area contributed by atoms with Crippen molar-refractivity contribution in [2.45, 2.75) is 25.4 Å². The van der Waals surface area contributed by atoms with Gasteiger partial charge in [0.25, 0.3) is 0 Å². The highest BCUT2D eigenvalue weighted by atomic mass is 79.9. The Bertz CT molecular complexity index is 659. The van der Waals surface area contributed by atoms with Gasteiger partial charge >= 0.3 is 0 Å². The Balaban J connectivity index is 1.83. The first kappa shape index (κ1) is 14.5. The standard InChI is InChI=1S/C16H14BrF2NO/c17-13-8-12(6-7-14(13)18)21-16-10(2-1-3-15(16)19)9-20-11-4-5-11/h1-3,6-8,11,20H,4-5,9H2. The minimum Gasteiger partial charge on any atom is -0.454 e. The van der Waals surface area contributed by atoms with Crippen molar-refractivity contribution in [3.8, 4) is 11.5 Å². The molecule has 0 aromatic heterocycles. The van der Waals surface area contributed by atoms with E-state index in [-0.39, 0.29) is 16.0 Å². The third-order valence-corrected chi connectivity index (χ3v) is 3.93.